The molecule has 2 amide bonds. The first kappa shape index (κ1) is 23.0. The molecule has 0 unspecified atom stereocenters. The van der Waals surface area contributed by atoms with E-state index in [0.717, 1.165) is 16.8 Å². The lowest BCUT2D eigenvalue weighted by Crippen LogP contribution is -2.48. The van der Waals surface area contributed by atoms with Gasteiger partial charge in [0.05, 0.1) is 16.6 Å². The molecular formula is C19H24F3N5O3S. The number of carbonyl (C=O) groups is 1. The zero-order chi connectivity index (χ0) is 23.0. The van der Waals surface area contributed by atoms with Crippen molar-refractivity contribution >= 4 is 21.6 Å². The van der Waals surface area contributed by atoms with Gasteiger partial charge in [0.2, 0.25) is 15.8 Å². The maximum absolute atomic E-state index is 13.3. The third-order valence-corrected chi connectivity index (χ3v) is 8.44. The summed E-state index contributed by atoms with van der Waals surface area (Å²) in [7, 11) is -2.64. The second-order valence-corrected chi connectivity index (χ2v) is 10.5. The summed E-state index contributed by atoms with van der Waals surface area (Å²) in [5, 5.41) is 5.99. The molecule has 1 aliphatic rings. The molecule has 12 heteroatoms. The molecule has 0 radical (unpaired) electrons. The number of likely N-dealkylation sites (tertiary alicyclic amines) is 1. The second kappa shape index (κ2) is 8.48. The van der Waals surface area contributed by atoms with Gasteiger partial charge in [-0.2, -0.15) is 9.49 Å². The summed E-state index contributed by atoms with van der Waals surface area (Å²) in [6.07, 6.45) is -0.824. The van der Waals surface area contributed by atoms with E-state index in [9.17, 15) is 26.4 Å². The number of aromatic nitrogens is 3. The van der Waals surface area contributed by atoms with Crippen molar-refractivity contribution < 1.29 is 26.4 Å². The van der Waals surface area contributed by atoms with E-state index < -0.39 is 32.7 Å². The van der Waals surface area contributed by atoms with Gasteiger partial charge >= 0.3 is 6.03 Å². The molecule has 2 aromatic rings. The number of sulfone groups is 1. The molecule has 0 bridgehead atoms. The summed E-state index contributed by atoms with van der Waals surface area (Å²) in [5.74, 6) is -0.949. The van der Waals surface area contributed by atoms with Crippen LogP contribution in [0.15, 0.2) is 29.4 Å². The number of anilines is 1. The summed E-state index contributed by atoms with van der Waals surface area (Å²) >= 11 is 0. The molecular weight excluding hydrogens is 435 g/mol. The first-order valence-corrected chi connectivity index (χ1v) is 11.2. The number of piperidine rings is 1. The molecule has 1 N–H and O–H groups in total. The van der Waals surface area contributed by atoms with Crippen molar-refractivity contribution in [1.29, 1.82) is 0 Å². The van der Waals surface area contributed by atoms with E-state index in [2.05, 4.69) is 15.4 Å². The minimum atomic E-state index is -3.97. The quantitative estimate of drug-likeness (QED) is 0.692. The molecule has 3 heterocycles. The van der Waals surface area contributed by atoms with Crippen LogP contribution in [0.25, 0.3) is 0 Å². The van der Waals surface area contributed by atoms with Crippen molar-refractivity contribution in [2.75, 3.05) is 18.4 Å². The van der Waals surface area contributed by atoms with Gasteiger partial charge in [-0.15, -0.1) is 0 Å². The van der Waals surface area contributed by atoms with Gasteiger partial charge in [-0.3, -0.25) is 4.68 Å². The largest absolute Gasteiger partial charge is 0.325 e. The van der Waals surface area contributed by atoms with Crippen LogP contribution in [0, 0.1) is 11.9 Å². The number of pyridine rings is 1. The Bertz CT molecular complexity index is 1050. The molecule has 8 nitrogen and oxygen atoms in total. The predicted octanol–water partition coefficient (Wildman–Crippen LogP) is 3.39. The predicted molar refractivity (Wildman–Crippen MR) is 107 cm³/mol. The Hall–Kier alpha value is -2.63. The number of hydrogen-bond acceptors (Lipinski definition) is 5. The first-order chi connectivity index (χ1) is 14.4. The topological polar surface area (TPSA) is 97.2 Å². The molecule has 1 saturated heterocycles. The van der Waals surface area contributed by atoms with Crippen molar-refractivity contribution in [3.05, 3.63) is 36.0 Å². The highest BCUT2D eigenvalue weighted by atomic mass is 32.2. The fourth-order valence-electron chi connectivity index (χ4n) is 3.75. The summed E-state index contributed by atoms with van der Waals surface area (Å²) < 4.78 is 65.0. The zero-order valence-electron chi connectivity index (χ0n) is 17.3. The Balaban J connectivity index is 1.68. The fourth-order valence-corrected chi connectivity index (χ4v) is 5.63. The summed E-state index contributed by atoms with van der Waals surface area (Å²) in [6.45, 7) is 3.78. The van der Waals surface area contributed by atoms with Gasteiger partial charge in [0, 0.05) is 26.2 Å². The maximum Gasteiger partial charge on any atom is 0.321 e. The average molecular weight is 459 g/mol. The molecule has 0 saturated carbocycles. The Morgan fingerprint density at radius 1 is 1.26 bits per heavy atom. The standard InChI is InChI=1S/C19H24F3N5O3S/c1-19(2,31(29,30)16-10-14(17(21)22)25-26(16)3)12-6-8-27(9-7-12)18(28)24-13-4-5-15(20)23-11-13/h4-5,10-12,17H,6-9H2,1-3H3,(H,24,28). The Morgan fingerprint density at radius 3 is 2.42 bits per heavy atom. The van der Waals surface area contributed by atoms with E-state index in [1.54, 1.807) is 18.7 Å². The van der Waals surface area contributed by atoms with E-state index in [1.807, 2.05) is 0 Å². The average Bonchev–Trinajstić information content (AvgIpc) is 3.12. The van der Waals surface area contributed by atoms with E-state index in [1.165, 1.54) is 19.3 Å². The van der Waals surface area contributed by atoms with Crippen molar-refractivity contribution in [2.45, 2.75) is 42.9 Å². The summed E-state index contributed by atoms with van der Waals surface area (Å²) in [5.41, 5.74) is -0.235. The third kappa shape index (κ3) is 4.53. The highest BCUT2D eigenvalue weighted by Gasteiger charge is 2.45. The molecule has 1 fully saturated rings. The Kier molecular flexibility index (Phi) is 6.30. The Morgan fingerprint density at radius 2 is 1.90 bits per heavy atom. The molecule has 2 aromatic heterocycles. The van der Waals surface area contributed by atoms with Crippen LogP contribution < -0.4 is 5.32 Å². The number of amides is 2. The minimum Gasteiger partial charge on any atom is -0.325 e. The summed E-state index contributed by atoms with van der Waals surface area (Å²) in [6, 6.07) is 3.05. The van der Waals surface area contributed by atoms with Gasteiger partial charge < -0.3 is 10.2 Å². The molecule has 0 spiro atoms. The molecule has 3 rings (SSSR count). The van der Waals surface area contributed by atoms with Gasteiger partial charge in [0.1, 0.15) is 5.69 Å². The number of nitrogens with one attached hydrogen (secondary N) is 1. The Labute approximate surface area is 178 Å². The SMILES string of the molecule is Cn1nc(C(F)F)cc1S(=O)(=O)C(C)(C)C1CCN(C(=O)Nc2ccc(F)nc2)CC1. The van der Waals surface area contributed by atoms with Crippen LogP contribution in [0.1, 0.15) is 38.8 Å². The van der Waals surface area contributed by atoms with Crippen LogP contribution in [0.2, 0.25) is 0 Å². The number of urea groups is 1. The van der Waals surface area contributed by atoms with Crippen molar-refractivity contribution in [3.8, 4) is 0 Å². The van der Waals surface area contributed by atoms with Crippen LogP contribution in [-0.2, 0) is 16.9 Å². The first-order valence-electron chi connectivity index (χ1n) is 9.67. The van der Waals surface area contributed by atoms with Gasteiger partial charge in [-0.05, 0) is 44.7 Å². The van der Waals surface area contributed by atoms with Gasteiger partial charge in [0.25, 0.3) is 6.43 Å². The van der Waals surface area contributed by atoms with Crippen molar-refractivity contribution in [1.82, 2.24) is 19.7 Å². The minimum absolute atomic E-state index is 0.253. The lowest BCUT2D eigenvalue weighted by Gasteiger charge is -2.40. The molecule has 0 aliphatic carbocycles. The van der Waals surface area contributed by atoms with Crippen LogP contribution in [0.3, 0.4) is 0 Å². The van der Waals surface area contributed by atoms with Crippen LogP contribution in [-0.4, -0.2) is 51.9 Å². The number of carbonyl (C=O) groups excluding carboxylic acids is 1. The van der Waals surface area contributed by atoms with E-state index in [-0.39, 0.29) is 17.0 Å². The van der Waals surface area contributed by atoms with Crippen LogP contribution in [0.4, 0.5) is 23.7 Å². The number of hydrogen-bond donors (Lipinski definition) is 1. The van der Waals surface area contributed by atoms with Gasteiger partial charge in [-0.25, -0.2) is 27.0 Å². The number of aryl methyl sites for hydroxylation is 1. The maximum atomic E-state index is 13.3. The lowest BCUT2D eigenvalue weighted by molar-refractivity contribution is 0.145. The van der Waals surface area contributed by atoms with E-state index >= 15 is 0 Å². The third-order valence-electron chi connectivity index (χ3n) is 5.79. The number of nitrogens with zero attached hydrogens (tertiary/aromatic N) is 4. The van der Waals surface area contributed by atoms with Crippen molar-refractivity contribution in [3.63, 3.8) is 0 Å². The normalized spacial score (nSPS) is 16.0. The number of halogens is 3. The zero-order valence-corrected chi connectivity index (χ0v) is 18.2. The lowest BCUT2D eigenvalue weighted by atomic mass is 9.86. The smallest absolute Gasteiger partial charge is 0.321 e. The molecule has 0 atom stereocenters. The molecule has 31 heavy (non-hydrogen) atoms. The highest BCUT2D eigenvalue weighted by Crippen LogP contribution is 2.38. The monoisotopic (exact) mass is 459 g/mol. The van der Waals surface area contributed by atoms with Gasteiger partial charge in [-0.1, -0.05) is 0 Å². The van der Waals surface area contributed by atoms with E-state index in [4.69, 9.17) is 0 Å². The van der Waals surface area contributed by atoms with Crippen LogP contribution >= 0.6 is 0 Å². The van der Waals surface area contributed by atoms with E-state index in [0.29, 0.717) is 31.6 Å². The fraction of sp³-hybridized carbons (Fsp3) is 0.526. The second-order valence-electron chi connectivity index (χ2n) is 8.00. The summed E-state index contributed by atoms with van der Waals surface area (Å²) in [4.78, 5) is 17.5. The van der Waals surface area contributed by atoms with Gasteiger partial charge in [0.15, 0.2) is 5.03 Å². The van der Waals surface area contributed by atoms with Crippen molar-refractivity contribution in [2.24, 2.45) is 13.0 Å². The number of alkyl halides is 2. The number of rotatable bonds is 5. The molecule has 170 valence electrons. The molecule has 1 aliphatic heterocycles. The molecule has 0 aromatic carbocycles. The van der Waals surface area contributed by atoms with Crippen LogP contribution in [0.5, 0.6) is 0 Å². The highest BCUT2D eigenvalue weighted by molar-refractivity contribution is 7.92.